The van der Waals surface area contributed by atoms with E-state index in [2.05, 4.69) is 30.5 Å². The van der Waals surface area contributed by atoms with Gasteiger partial charge < -0.3 is 5.32 Å². The Bertz CT molecular complexity index is 460. The third kappa shape index (κ3) is 2.57. The fourth-order valence-electron chi connectivity index (χ4n) is 2.18. The molecule has 1 atom stereocenters. The van der Waals surface area contributed by atoms with Crippen molar-refractivity contribution in [3.63, 3.8) is 0 Å². The number of fused-ring (bicyclic) bond motifs is 1. The van der Waals surface area contributed by atoms with Gasteiger partial charge in [0, 0.05) is 11.6 Å². The highest BCUT2D eigenvalue weighted by Gasteiger charge is 2.15. The highest BCUT2D eigenvalue weighted by Crippen LogP contribution is 2.29. The lowest BCUT2D eigenvalue weighted by atomic mass is 9.87. The average molecular weight is 229 g/mol. The molecule has 1 unspecified atom stereocenters. The van der Waals surface area contributed by atoms with Crippen LogP contribution in [-0.2, 0) is 0 Å². The maximum atomic E-state index is 11.9. The summed E-state index contributed by atoms with van der Waals surface area (Å²) in [6.45, 7) is 6.16. The number of hydrogen-bond donors (Lipinski definition) is 1. The summed E-state index contributed by atoms with van der Waals surface area (Å²) < 4.78 is 0. The van der Waals surface area contributed by atoms with Crippen molar-refractivity contribution in [2.45, 2.75) is 39.2 Å². The highest BCUT2D eigenvalue weighted by molar-refractivity contribution is 5.95. The van der Waals surface area contributed by atoms with Gasteiger partial charge in [0.15, 0.2) is 0 Å². The molecule has 1 aromatic carbocycles. The Kier molecular flexibility index (Phi) is 3.32. The fraction of sp³-hybridized carbons (Fsp3) is 0.400. The predicted molar refractivity (Wildman–Crippen MR) is 71.1 cm³/mol. The maximum absolute atomic E-state index is 11.9. The van der Waals surface area contributed by atoms with Crippen molar-refractivity contribution >= 4 is 12.0 Å². The van der Waals surface area contributed by atoms with Gasteiger partial charge in [0.25, 0.3) is 5.91 Å². The smallest absolute Gasteiger partial charge is 0.251 e. The van der Waals surface area contributed by atoms with Crippen LogP contribution in [0.5, 0.6) is 0 Å². The standard InChI is InChI=1S/C15H19NO/c1-10(2)16-15(17)13-7-8-14-11(3)5-4-6-12(14)9-13/h4,6-11H,5H2,1-3H3,(H,16,17). The summed E-state index contributed by atoms with van der Waals surface area (Å²) in [6, 6.07) is 6.16. The van der Waals surface area contributed by atoms with Crippen molar-refractivity contribution in [2.24, 2.45) is 0 Å². The van der Waals surface area contributed by atoms with E-state index in [0.717, 1.165) is 12.0 Å². The molecule has 0 fully saturated rings. The van der Waals surface area contributed by atoms with Gasteiger partial charge in [-0.2, -0.15) is 0 Å². The molecule has 2 rings (SSSR count). The summed E-state index contributed by atoms with van der Waals surface area (Å²) in [5.74, 6) is 0.562. The van der Waals surface area contributed by atoms with E-state index in [1.807, 2.05) is 26.0 Å². The van der Waals surface area contributed by atoms with Crippen LogP contribution in [-0.4, -0.2) is 11.9 Å². The lowest BCUT2D eigenvalue weighted by Gasteiger charge is -2.18. The first kappa shape index (κ1) is 11.9. The van der Waals surface area contributed by atoms with Gasteiger partial charge in [0.2, 0.25) is 0 Å². The van der Waals surface area contributed by atoms with Crippen molar-refractivity contribution in [3.8, 4) is 0 Å². The highest BCUT2D eigenvalue weighted by atomic mass is 16.1. The van der Waals surface area contributed by atoms with Gasteiger partial charge in [-0.15, -0.1) is 0 Å². The topological polar surface area (TPSA) is 29.1 Å². The van der Waals surface area contributed by atoms with Crippen molar-refractivity contribution in [1.29, 1.82) is 0 Å². The quantitative estimate of drug-likeness (QED) is 0.828. The van der Waals surface area contributed by atoms with E-state index >= 15 is 0 Å². The zero-order chi connectivity index (χ0) is 12.4. The van der Waals surface area contributed by atoms with Crippen LogP contribution in [0.3, 0.4) is 0 Å². The minimum Gasteiger partial charge on any atom is -0.350 e. The third-order valence-corrected chi connectivity index (χ3v) is 3.09. The molecular weight excluding hydrogens is 210 g/mol. The van der Waals surface area contributed by atoms with Gasteiger partial charge in [-0.3, -0.25) is 4.79 Å². The summed E-state index contributed by atoms with van der Waals surface area (Å²) in [5, 5.41) is 2.91. The van der Waals surface area contributed by atoms with Crippen molar-refractivity contribution in [1.82, 2.24) is 5.32 Å². The van der Waals surface area contributed by atoms with Crippen LogP contribution < -0.4 is 5.32 Å². The Morgan fingerprint density at radius 2 is 2.18 bits per heavy atom. The largest absolute Gasteiger partial charge is 0.350 e. The minimum atomic E-state index is 0.00873. The molecule has 1 aromatic rings. The first-order valence-electron chi connectivity index (χ1n) is 6.19. The van der Waals surface area contributed by atoms with Gasteiger partial charge in [-0.25, -0.2) is 0 Å². The molecule has 0 aromatic heterocycles. The molecule has 0 bridgehead atoms. The molecule has 1 aliphatic rings. The Morgan fingerprint density at radius 3 is 2.88 bits per heavy atom. The van der Waals surface area contributed by atoms with Crippen LogP contribution >= 0.6 is 0 Å². The van der Waals surface area contributed by atoms with Crippen LogP contribution in [0.15, 0.2) is 24.3 Å². The predicted octanol–water partition coefficient (Wildman–Crippen LogP) is 3.35. The molecule has 2 heteroatoms. The molecule has 1 amide bonds. The van der Waals surface area contributed by atoms with E-state index in [4.69, 9.17) is 0 Å². The number of nitrogens with one attached hydrogen (secondary N) is 1. The number of allylic oxidation sites excluding steroid dienone is 1. The number of hydrogen-bond acceptors (Lipinski definition) is 1. The molecule has 0 spiro atoms. The van der Waals surface area contributed by atoms with E-state index in [0.29, 0.717) is 5.92 Å². The van der Waals surface area contributed by atoms with Gasteiger partial charge in [-0.05, 0) is 49.4 Å². The molecule has 90 valence electrons. The van der Waals surface area contributed by atoms with Crippen LogP contribution in [0.4, 0.5) is 0 Å². The van der Waals surface area contributed by atoms with Crippen molar-refractivity contribution < 1.29 is 4.79 Å². The van der Waals surface area contributed by atoms with Crippen LogP contribution in [0, 0.1) is 0 Å². The van der Waals surface area contributed by atoms with E-state index in [1.165, 1.54) is 11.1 Å². The molecular formula is C15H19NO. The fourth-order valence-corrected chi connectivity index (χ4v) is 2.18. The number of benzene rings is 1. The van der Waals surface area contributed by atoms with Gasteiger partial charge in [0.05, 0.1) is 0 Å². The van der Waals surface area contributed by atoms with Gasteiger partial charge in [-0.1, -0.05) is 25.1 Å². The number of carbonyl (C=O) groups is 1. The Hall–Kier alpha value is -1.57. The van der Waals surface area contributed by atoms with Crippen LogP contribution in [0.2, 0.25) is 0 Å². The molecule has 2 nitrogen and oxygen atoms in total. The van der Waals surface area contributed by atoms with Crippen LogP contribution in [0.25, 0.3) is 6.08 Å². The number of rotatable bonds is 2. The van der Waals surface area contributed by atoms with Gasteiger partial charge >= 0.3 is 0 Å². The lowest BCUT2D eigenvalue weighted by Crippen LogP contribution is -2.30. The number of amides is 1. The molecule has 1 aliphatic carbocycles. The van der Waals surface area contributed by atoms with Crippen LogP contribution in [0.1, 0.15) is 54.6 Å². The molecule has 0 saturated heterocycles. The summed E-state index contributed by atoms with van der Waals surface area (Å²) in [5.41, 5.74) is 3.27. The zero-order valence-corrected chi connectivity index (χ0v) is 10.7. The SMILES string of the molecule is CC(C)NC(=O)c1ccc2c(c1)C=CCC2C. The summed E-state index contributed by atoms with van der Waals surface area (Å²) in [6.07, 6.45) is 5.38. The second-order valence-electron chi connectivity index (χ2n) is 5.01. The first-order chi connectivity index (χ1) is 8.08. The second kappa shape index (κ2) is 4.74. The second-order valence-corrected chi connectivity index (χ2v) is 5.01. The minimum absolute atomic E-state index is 0.00873. The monoisotopic (exact) mass is 229 g/mol. The Morgan fingerprint density at radius 1 is 1.41 bits per heavy atom. The maximum Gasteiger partial charge on any atom is 0.251 e. The molecule has 0 saturated carbocycles. The Balaban J connectivity index is 2.28. The summed E-state index contributed by atoms with van der Waals surface area (Å²) in [4.78, 5) is 11.9. The summed E-state index contributed by atoms with van der Waals surface area (Å²) in [7, 11) is 0. The molecule has 0 heterocycles. The number of carbonyl (C=O) groups excluding carboxylic acids is 1. The van der Waals surface area contributed by atoms with Crippen molar-refractivity contribution in [3.05, 3.63) is 41.0 Å². The van der Waals surface area contributed by atoms with Crippen molar-refractivity contribution in [2.75, 3.05) is 0 Å². The van der Waals surface area contributed by atoms with E-state index in [1.54, 1.807) is 0 Å². The molecule has 1 N–H and O–H groups in total. The first-order valence-corrected chi connectivity index (χ1v) is 6.19. The van der Waals surface area contributed by atoms with E-state index < -0.39 is 0 Å². The molecule has 0 radical (unpaired) electrons. The Labute approximate surface area is 103 Å². The van der Waals surface area contributed by atoms with E-state index in [-0.39, 0.29) is 11.9 Å². The average Bonchev–Trinajstić information content (AvgIpc) is 2.28. The molecule has 17 heavy (non-hydrogen) atoms. The van der Waals surface area contributed by atoms with E-state index in [9.17, 15) is 4.79 Å². The summed E-state index contributed by atoms with van der Waals surface area (Å²) >= 11 is 0. The normalized spacial score (nSPS) is 18.0. The lowest BCUT2D eigenvalue weighted by molar-refractivity contribution is 0.0943. The van der Waals surface area contributed by atoms with Gasteiger partial charge in [0.1, 0.15) is 0 Å². The third-order valence-electron chi connectivity index (χ3n) is 3.09. The zero-order valence-electron chi connectivity index (χ0n) is 10.7. The molecule has 0 aliphatic heterocycles.